The van der Waals surface area contributed by atoms with Crippen molar-refractivity contribution in [3.8, 4) is 0 Å². The lowest BCUT2D eigenvalue weighted by Gasteiger charge is -2.25. The van der Waals surface area contributed by atoms with E-state index < -0.39 is 0 Å². The number of nitrogens with zero attached hydrogens (tertiary/aromatic N) is 1. The number of rotatable bonds is 0. The first kappa shape index (κ1) is 12.3. The first-order chi connectivity index (χ1) is 9.72. The number of aryl methyl sites for hydroxylation is 1. The van der Waals surface area contributed by atoms with Crippen LogP contribution in [0.1, 0.15) is 30.2 Å². The number of halogens is 1. The van der Waals surface area contributed by atoms with Crippen molar-refractivity contribution < 1.29 is 9.53 Å². The van der Waals surface area contributed by atoms with Gasteiger partial charge in [0.15, 0.2) is 0 Å². The fourth-order valence-electron chi connectivity index (χ4n) is 3.09. The van der Waals surface area contributed by atoms with Crippen molar-refractivity contribution in [2.24, 2.45) is 0 Å². The molecule has 5 heteroatoms. The van der Waals surface area contributed by atoms with Gasteiger partial charge in [-0.25, -0.2) is 0 Å². The summed E-state index contributed by atoms with van der Waals surface area (Å²) in [5.74, 6) is -0.0888. The van der Waals surface area contributed by atoms with E-state index in [1.807, 2.05) is 18.2 Å². The van der Waals surface area contributed by atoms with Crippen LogP contribution in [0.5, 0.6) is 0 Å². The Balaban J connectivity index is 2.08. The molecule has 0 spiro atoms. The lowest BCUT2D eigenvalue weighted by Crippen LogP contribution is -2.15. The Bertz CT molecular complexity index is 729. The highest BCUT2D eigenvalue weighted by Crippen LogP contribution is 2.42. The number of ether oxygens (including phenoxy) is 1. The maximum absolute atomic E-state index is 11.9. The normalized spacial score (nSPS) is 21.2. The highest BCUT2D eigenvalue weighted by molar-refractivity contribution is 9.10. The van der Waals surface area contributed by atoms with E-state index in [-0.39, 0.29) is 18.6 Å². The maximum Gasteiger partial charge on any atom is 0.250 e. The van der Waals surface area contributed by atoms with Crippen LogP contribution in [0.2, 0.25) is 0 Å². The second-order valence-corrected chi connectivity index (χ2v) is 6.16. The highest BCUT2D eigenvalue weighted by Gasteiger charge is 2.30. The van der Waals surface area contributed by atoms with E-state index >= 15 is 0 Å². The van der Waals surface area contributed by atoms with Gasteiger partial charge in [-0.2, -0.15) is 0 Å². The number of nitrogens with one attached hydrogen (secondary N) is 1. The van der Waals surface area contributed by atoms with Crippen molar-refractivity contribution in [2.45, 2.75) is 25.4 Å². The maximum atomic E-state index is 11.9. The van der Waals surface area contributed by atoms with Crippen LogP contribution in [0, 0.1) is 0 Å². The zero-order chi connectivity index (χ0) is 13.7. The molecular formula is C15H13BrN2O2. The van der Waals surface area contributed by atoms with Gasteiger partial charge in [-0.05, 0) is 37.5 Å². The first-order valence-electron chi connectivity index (χ1n) is 6.76. The monoisotopic (exact) mass is 332 g/mol. The van der Waals surface area contributed by atoms with Gasteiger partial charge in [0.1, 0.15) is 6.61 Å². The third-order valence-corrected chi connectivity index (χ3v) is 4.44. The summed E-state index contributed by atoms with van der Waals surface area (Å²) in [5, 5.41) is 3.98. The van der Waals surface area contributed by atoms with E-state index in [9.17, 15) is 4.79 Å². The summed E-state index contributed by atoms with van der Waals surface area (Å²) in [6.07, 6.45) is 2.95. The Morgan fingerprint density at radius 3 is 3.20 bits per heavy atom. The van der Waals surface area contributed by atoms with Gasteiger partial charge in [0.05, 0.1) is 17.3 Å². The molecule has 2 aromatic rings. The number of hydrogen-bond acceptors (Lipinski definition) is 3. The molecule has 1 amide bonds. The molecule has 1 unspecified atom stereocenters. The van der Waals surface area contributed by atoms with Crippen molar-refractivity contribution in [1.29, 1.82) is 0 Å². The summed E-state index contributed by atoms with van der Waals surface area (Å²) in [4.78, 5) is 16.7. The minimum absolute atomic E-state index is 0.0106. The highest BCUT2D eigenvalue weighted by atomic mass is 79.9. The Kier molecular flexibility index (Phi) is 2.79. The number of pyridine rings is 1. The van der Waals surface area contributed by atoms with Crippen molar-refractivity contribution in [3.63, 3.8) is 0 Å². The fourth-order valence-corrected chi connectivity index (χ4v) is 3.45. The molecule has 4 rings (SSSR count). The molecule has 102 valence electrons. The van der Waals surface area contributed by atoms with Gasteiger partial charge in [-0.15, -0.1) is 0 Å². The van der Waals surface area contributed by atoms with Crippen LogP contribution in [0.3, 0.4) is 0 Å². The first-order valence-corrected chi connectivity index (χ1v) is 7.55. The molecule has 2 heterocycles. The van der Waals surface area contributed by atoms with Gasteiger partial charge in [-0.3, -0.25) is 9.78 Å². The number of carbonyl (C=O) groups is 1. The van der Waals surface area contributed by atoms with Gasteiger partial charge in [0, 0.05) is 21.1 Å². The molecule has 0 bridgehead atoms. The van der Waals surface area contributed by atoms with E-state index in [2.05, 4.69) is 21.2 Å². The molecule has 1 N–H and O–H groups in total. The molecule has 1 aromatic carbocycles. The number of anilines is 1. The van der Waals surface area contributed by atoms with Crippen molar-refractivity contribution in [3.05, 3.63) is 33.9 Å². The van der Waals surface area contributed by atoms with E-state index in [0.29, 0.717) is 0 Å². The Morgan fingerprint density at radius 1 is 1.40 bits per heavy atom. The fraction of sp³-hybridized carbons (Fsp3) is 0.333. The molecule has 1 atom stereocenters. The predicted molar refractivity (Wildman–Crippen MR) is 79.7 cm³/mol. The molecule has 1 aliphatic heterocycles. The molecule has 1 aliphatic carbocycles. The van der Waals surface area contributed by atoms with Crippen molar-refractivity contribution in [2.75, 3.05) is 11.9 Å². The minimum Gasteiger partial charge on any atom is -0.364 e. The van der Waals surface area contributed by atoms with Crippen LogP contribution in [0.15, 0.2) is 22.7 Å². The summed E-state index contributed by atoms with van der Waals surface area (Å²) in [6, 6.07) is 5.97. The topological polar surface area (TPSA) is 51.2 Å². The van der Waals surface area contributed by atoms with Gasteiger partial charge in [0.25, 0.3) is 0 Å². The standard InChI is InChI=1S/C15H13BrN2O2/c16-8-4-5-10-9(6-8)15-14-11(17-10)2-1-3-12(14)20-7-13(19)18-15/h4-6,12H,1-3,7H2,(H,18,19). The van der Waals surface area contributed by atoms with Crippen LogP contribution >= 0.6 is 15.9 Å². The summed E-state index contributed by atoms with van der Waals surface area (Å²) in [5.41, 5.74) is 3.95. The largest absolute Gasteiger partial charge is 0.364 e. The summed E-state index contributed by atoms with van der Waals surface area (Å²) in [7, 11) is 0. The molecule has 1 aromatic heterocycles. The number of fused-ring (bicyclic) bond motifs is 2. The van der Waals surface area contributed by atoms with Crippen LogP contribution < -0.4 is 5.32 Å². The lowest BCUT2D eigenvalue weighted by atomic mass is 9.90. The zero-order valence-corrected chi connectivity index (χ0v) is 12.4. The average Bonchev–Trinajstić information content (AvgIpc) is 2.61. The molecule has 0 saturated heterocycles. The number of hydrogen-bond donors (Lipinski definition) is 1. The molecule has 20 heavy (non-hydrogen) atoms. The SMILES string of the molecule is O=C1COC2CCCc3nc4ccc(Br)cc4c(c32)N1. The number of amides is 1. The quantitative estimate of drug-likeness (QED) is 0.804. The summed E-state index contributed by atoms with van der Waals surface area (Å²) in [6.45, 7) is 0.119. The average molecular weight is 333 g/mol. The molecule has 0 saturated carbocycles. The van der Waals surface area contributed by atoms with Crippen molar-refractivity contribution >= 4 is 38.4 Å². The molecule has 0 radical (unpaired) electrons. The Morgan fingerprint density at radius 2 is 2.30 bits per heavy atom. The smallest absolute Gasteiger partial charge is 0.250 e. The number of benzene rings is 1. The predicted octanol–water partition coefficient (Wildman–Crippen LogP) is 3.34. The summed E-state index contributed by atoms with van der Waals surface area (Å²) >= 11 is 3.49. The Labute approximate surface area is 124 Å². The number of aromatic nitrogens is 1. The molecule has 2 aliphatic rings. The summed E-state index contributed by atoms with van der Waals surface area (Å²) < 4.78 is 6.72. The number of carbonyl (C=O) groups excluding carboxylic acids is 1. The third kappa shape index (κ3) is 1.84. The van der Waals surface area contributed by atoms with Crippen LogP contribution in [0.4, 0.5) is 5.69 Å². The zero-order valence-electron chi connectivity index (χ0n) is 10.8. The lowest BCUT2D eigenvalue weighted by molar-refractivity contribution is -0.122. The van der Waals surface area contributed by atoms with Gasteiger partial charge >= 0.3 is 0 Å². The van der Waals surface area contributed by atoms with Crippen LogP contribution in [0.25, 0.3) is 10.9 Å². The molecule has 0 fully saturated rings. The minimum atomic E-state index is -0.0888. The van der Waals surface area contributed by atoms with Crippen molar-refractivity contribution in [1.82, 2.24) is 4.98 Å². The molecule has 4 nitrogen and oxygen atoms in total. The van der Waals surface area contributed by atoms with Gasteiger partial charge < -0.3 is 10.1 Å². The van der Waals surface area contributed by atoms with E-state index in [0.717, 1.165) is 51.6 Å². The second kappa shape index (κ2) is 4.53. The van der Waals surface area contributed by atoms with Gasteiger partial charge in [-0.1, -0.05) is 15.9 Å². The van der Waals surface area contributed by atoms with E-state index in [4.69, 9.17) is 9.72 Å². The van der Waals surface area contributed by atoms with Crippen LogP contribution in [-0.2, 0) is 16.0 Å². The second-order valence-electron chi connectivity index (χ2n) is 5.25. The van der Waals surface area contributed by atoms with Crippen LogP contribution in [-0.4, -0.2) is 17.5 Å². The Hall–Kier alpha value is -1.46. The van der Waals surface area contributed by atoms with E-state index in [1.165, 1.54) is 0 Å². The van der Waals surface area contributed by atoms with E-state index in [1.54, 1.807) is 0 Å². The van der Waals surface area contributed by atoms with Gasteiger partial charge in [0.2, 0.25) is 5.91 Å². The molecular weight excluding hydrogens is 320 g/mol. The third-order valence-electron chi connectivity index (χ3n) is 3.95.